The van der Waals surface area contributed by atoms with Gasteiger partial charge in [0.25, 0.3) is 10.0 Å². The van der Waals surface area contributed by atoms with E-state index in [2.05, 4.69) is 20.3 Å². The summed E-state index contributed by atoms with van der Waals surface area (Å²) in [5.41, 5.74) is -0.515. The number of methoxy groups -OCH3 is 1. The molecular formula is C16H15N5O8S. The fourth-order valence-corrected chi connectivity index (χ4v) is 3.16. The molecule has 1 atom stereocenters. The van der Waals surface area contributed by atoms with Crippen LogP contribution in [0.15, 0.2) is 35.2 Å². The lowest BCUT2D eigenvalue weighted by Gasteiger charge is -2.12. The third-order valence-electron chi connectivity index (χ3n) is 3.24. The zero-order valence-electron chi connectivity index (χ0n) is 15.5. The lowest BCUT2D eigenvalue weighted by Crippen LogP contribution is -2.35. The van der Waals surface area contributed by atoms with Crippen LogP contribution in [0.2, 0.25) is 0 Å². The number of anilines is 1. The summed E-state index contributed by atoms with van der Waals surface area (Å²) in [6.07, 6.45) is -0.246. The molecule has 3 N–H and O–H groups in total. The molecule has 1 heterocycles. The number of nitrogens with one attached hydrogen (secondary N) is 2. The number of aromatic nitrogens is 3. The van der Waals surface area contributed by atoms with Crippen LogP contribution in [0.5, 0.6) is 6.01 Å². The summed E-state index contributed by atoms with van der Waals surface area (Å²) in [5.74, 6) is -0.290. The molecule has 158 valence electrons. The summed E-state index contributed by atoms with van der Waals surface area (Å²) in [6.45, 7) is 1.44. The van der Waals surface area contributed by atoms with Gasteiger partial charge < -0.3 is 14.6 Å². The first kappa shape index (κ1) is 22.4. The molecule has 0 saturated carbocycles. The number of aromatic carboxylic acids is 1. The number of aryl methyl sites for hydroxylation is 1. The molecule has 2 rings (SSSR count). The second kappa shape index (κ2) is 9.56. The molecule has 2 aromatic rings. The second-order valence-electron chi connectivity index (χ2n) is 5.36. The Morgan fingerprint density at radius 2 is 1.93 bits per heavy atom. The number of hydrogen-bond acceptors (Lipinski definition) is 10. The molecule has 0 aliphatic carbocycles. The van der Waals surface area contributed by atoms with Crippen LogP contribution in [-0.2, 0) is 19.6 Å². The van der Waals surface area contributed by atoms with Crippen LogP contribution in [0.1, 0.15) is 16.2 Å². The van der Waals surface area contributed by atoms with E-state index in [0.717, 1.165) is 18.2 Å². The van der Waals surface area contributed by atoms with Gasteiger partial charge in [0, 0.05) is 7.11 Å². The quantitative estimate of drug-likeness (QED) is 0.376. The van der Waals surface area contributed by atoms with Gasteiger partial charge in [-0.15, -0.1) is 0 Å². The smallest absolute Gasteiger partial charge is 0.337 e. The van der Waals surface area contributed by atoms with E-state index in [-0.39, 0.29) is 17.8 Å². The number of sulfonamides is 1. The Labute approximate surface area is 169 Å². The van der Waals surface area contributed by atoms with Crippen molar-refractivity contribution in [2.75, 3.05) is 12.4 Å². The fraction of sp³-hybridized carbons (Fsp3) is 0.188. The molecular weight excluding hydrogens is 422 g/mol. The third kappa shape index (κ3) is 5.81. The number of hydrogen-bond donors (Lipinski definition) is 3. The number of carboxylic acid groups (broad SMARTS) is 1. The van der Waals surface area contributed by atoms with Crippen molar-refractivity contribution in [3.05, 3.63) is 41.7 Å². The zero-order chi connectivity index (χ0) is 22.3. The van der Waals surface area contributed by atoms with Gasteiger partial charge in [-0.2, -0.15) is 15.0 Å². The lowest BCUT2D eigenvalue weighted by molar-refractivity contribution is -0.0210. The van der Waals surface area contributed by atoms with Crippen LogP contribution in [0, 0.1) is 6.92 Å². The van der Waals surface area contributed by atoms with E-state index < -0.39 is 38.8 Å². The average Bonchev–Trinajstić information content (AvgIpc) is 2.66. The van der Waals surface area contributed by atoms with Crippen molar-refractivity contribution in [2.24, 2.45) is 0 Å². The predicted molar refractivity (Wildman–Crippen MR) is 99.0 cm³/mol. The maximum Gasteiger partial charge on any atom is 0.337 e. The molecule has 0 bridgehead atoms. The first-order chi connectivity index (χ1) is 14.2. The van der Waals surface area contributed by atoms with Crippen molar-refractivity contribution in [1.82, 2.24) is 19.7 Å². The van der Waals surface area contributed by atoms with Crippen molar-refractivity contribution in [3.8, 4) is 6.01 Å². The highest BCUT2D eigenvalue weighted by Crippen LogP contribution is 2.16. The predicted octanol–water partition coefficient (Wildman–Crippen LogP) is 0.128. The highest BCUT2D eigenvalue weighted by molar-refractivity contribution is 7.90. The maximum absolute atomic E-state index is 12.4. The third-order valence-corrected chi connectivity index (χ3v) is 4.63. The maximum atomic E-state index is 12.4. The van der Waals surface area contributed by atoms with Gasteiger partial charge in [0.15, 0.2) is 0 Å². The van der Waals surface area contributed by atoms with E-state index in [1.807, 2.05) is 0 Å². The molecule has 13 nitrogen and oxygen atoms in total. The Hall–Kier alpha value is -3.87. The van der Waals surface area contributed by atoms with Crippen molar-refractivity contribution >= 4 is 33.9 Å². The first-order valence-corrected chi connectivity index (χ1v) is 9.44. The molecule has 0 saturated heterocycles. The summed E-state index contributed by atoms with van der Waals surface area (Å²) < 4.78 is 36.4. The normalized spacial score (nSPS) is 11.7. The Morgan fingerprint density at radius 3 is 2.57 bits per heavy atom. The minimum Gasteiger partial charge on any atom is -0.478 e. The molecule has 0 aliphatic heterocycles. The Bertz CT molecular complexity index is 1110. The molecule has 1 aromatic heterocycles. The number of rotatable bonds is 8. The number of amides is 2. The Morgan fingerprint density at radius 1 is 1.23 bits per heavy atom. The molecule has 14 heteroatoms. The summed E-state index contributed by atoms with van der Waals surface area (Å²) in [4.78, 5) is 44.5. The van der Waals surface area contributed by atoms with E-state index in [1.165, 1.54) is 32.1 Å². The van der Waals surface area contributed by atoms with Crippen LogP contribution in [-0.4, -0.2) is 59.8 Å². The van der Waals surface area contributed by atoms with E-state index in [1.54, 1.807) is 4.72 Å². The largest absolute Gasteiger partial charge is 0.478 e. The van der Waals surface area contributed by atoms with E-state index in [9.17, 15) is 22.8 Å². The number of carbonyl (C=O) groups excluding carboxylic acids is 2. The zero-order valence-corrected chi connectivity index (χ0v) is 16.3. The first-order valence-electron chi connectivity index (χ1n) is 7.95. The summed E-state index contributed by atoms with van der Waals surface area (Å²) in [7, 11) is -3.27. The second-order valence-corrected chi connectivity index (χ2v) is 7.01. The van der Waals surface area contributed by atoms with Gasteiger partial charge in [0.1, 0.15) is 16.7 Å². The van der Waals surface area contributed by atoms with Crippen LogP contribution in [0.3, 0.4) is 0 Å². The van der Waals surface area contributed by atoms with Crippen LogP contribution in [0.4, 0.5) is 10.7 Å². The summed E-state index contributed by atoms with van der Waals surface area (Å²) >= 11 is 0. The van der Waals surface area contributed by atoms with Gasteiger partial charge in [-0.3, -0.25) is 5.32 Å². The Balaban J connectivity index is 2.20. The number of carbonyl (C=O) groups is 2. The van der Waals surface area contributed by atoms with Gasteiger partial charge in [-0.05, 0) is 19.1 Å². The van der Waals surface area contributed by atoms with Crippen molar-refractivity contribution in [2.45, 2.75) is 18.1 Å². The van der Waals surface area contributed by atoms with E-state index in [4.69, 9.17) is 14.6 Å². The molecule has 0 aliphatic rings. The fourth-order valence-electron chi connectivity index (χ4n) is 2.06. The minimum atomic E-state index is -4.52. The molecule has 1 unspecified atom stereocenters. The van der Waals surface area contributed by atoms with E-state index in [0.29, 0.717) is 0 Å². The van der Waals surface area contributed by atoms with Crippen LogP contribution < -0.4 is 14.8 Å². The Kier molecular flexibility index (Phi) is 7.14. The summed E-state index contributed by atoms with van der Waals surface area (Å²) in [6, 6.07) is 3.16. The molecule has 0 spiro atoms. The SMILES string of the molecule is COC(C=C=O)Oc1nc(C)nc(NC(=O)NS(=O)(=O)c2ccccc2C(=O)O)n1. The van der Waals surface area contributed by atoms with Crippen LogP contribution in [0.25, 0.3) is 0 Å². The van der Waals surface area contributed by atoms with Gasteiger partial charge in [-0.1, -0.05) is 12.1 Å². The average molecular weight is 437 g/mol. The van der Waals surface area contributed by atoms with Gasteiger partial charge in [-0.25, -0.2) is 27.5 Å². The molecule has 1 aromatic carbocycles. The molecule has 0 radical (unpaired) electrons. The molecule has 0 fully saturated rings. The number of urea groups is 1. The minimum absolute atomic E-state index is 0.0966. The van der Waals surface area contributed by atoms with Gasteiger partial charge in [0.05, 0.1) is 11.6 Å². The highest BCUT2D eigenvalue weighted by Gasteiger charge is 2.24. The number of carboxylic acids is 1. The molecule has 30 heavy (non-hydrogen) atoms. The standard InChI is InChI=1S/C16H15N5O8S/c1-9-17-14(20-16(18-9)29-12(28-2)7-8-22)19-15(25)21-30(26,27)11-6-4-3-5-10(11)13(23)24/h3-7,12H,1-2H3,(H,23,24)(H2,17,18,19,20,21,25). The van der Waals surface area contributed by atoms with Crippen molar-refractivity contribution in [1.29, 1.82) is 0 Å². The van der Waals surface area contributed by atoms with E-state index >= 15 is 0 Å². The van der Waals surface area contributed by atoms with Gasteiger partial charge >= 0.3 is 18.0 Å². The number of benzene rings is 1. The number of ether oxygens (including phenoxy) is 2. The monoisotopic (exact) mass is 437 g/mol. The van der Waals surface area contributed by atoms with Crippen LogP contribution >= 0.6 is 0 Å². The number of nitrogens with zero attached hydrogens (tertiary/aromatic N) is 3. The molecule has 2 amide bonds. The van der Waals surface area contributed by atoms with Gasteiger partial charge in [0.2, 0.25) is 12.2 Å². The summed E-state index contributed by atoms with van der Waals surface area (Å²) in [5, 5.41) is 11.2. The van der Waals surface area contributed by atoms with Crippen molar-refractivity contribution < 1.29 is 37.4 Å². The topological polar surface area (TPSA) is 187 Å². The van der Waals surface area contributed by atoms with Crippen molar-refractivity contribution in [3.63, 3.8) is 0 Å². The lowest BCUT2D eigenvalue weighted by atomic mass is 10.2. The highest BCUT2D eigenvalue weighted by atomic mass is 32.2.